The lowest BCUT2D eigenvalue weighted by atomic mass is 9.79. The molecule has 0 amide bonds. The van der Waals surface area contributed by atoms with Crippen molar-refractivity contribution in [2.24, 2.45) is 5.92 Å². The Kier molecular flexibility index (Phi) is 3.87. The summed E-state index contributed by atoms with van der Waals surface area (Å²) in [4.78, 5) is 0. The lowest BCUT2D eigenvalue weighted by Crippen LogP contribution is -2.50. The first-order valence-corrected chi connectivity index (χ1v) is 7.86. The van der Waals surface area contributed by atoms with Crippen molar-refractivity contribution in [1.29, 1.82) is 0 Å². The highest BCUT2D eigenvalue weighted by atomic mass is 32.2. The Hall–Kier alpha value is -0.130. The Morgan fingerprint density at radius 2 is 1.81 bits per heavy atom. The van der Waals surface area contributed by atoms with E-state index in [0.717, 1.165) is 19.3 Å². The zero-order valence-electron chi connectivity index (χ0n) is 9.64. The van der Waals surface area contributed by atoms with Crippen LogP contribution in [-0.4, -0.2) is 42.8 Å². The molecule has 0 spiro atoms. The molecule has 0 bridgehead atoms. The van der Waals surface area contributed by atoms with Gasteiger partial charge < -0.3 is 5.11 Å². The highest BCUT2D eigenvalue weighted by Gasteiger charge is 2.38. The first-order chi connectivity index (χ1) is 7.65. The van der Waals surface area contributed by atoms with E-state index in [0.29, 0.717) is 12.5 Å². The molecule has 2 fully saturated rings. The van der Waals surface area contributed by atoms with E-state index in [2.05, 4.69) is 0 Å². The number of aliphatic hydroxyl groups is 1. The molecule has 2 rings (SSSR count). The molecule has 1 N–H and O–H groups in total. The highest BCUT2D eigenvalue weighted by molar-refractivity contribution is 7.89. The summed E-state index contributed by atoms with van der Waals surface area (Å²) in [6, 6.07) is 0.221. The zero-order chi connectivity index (χ0) is 11.6. The summed E-state index contributed by atoms with van der Waals surface area (Å²) in [5, 5.41) is 8.82. The minimum absolute atomic E-state index is 0.115. The number of hydrogen-bond donors (Lipinski definition) is 1. The van der Waals surface area contributed by atoms with Gasteiger partial charge in [0.25, 0.3) is 0 Å². The van der Waals surface area contributed by atoms with Crippen LogP contribution in [0.5, 0.6) is 0 Å². The van der Waals surface area contributed by atoms with Gasteiger partial charge in [-0.1, -0.05) is 12.8 Å². The molecule has 0 radical (unpaired) electrons. The van der Waals surface area contributed by atoms with Gasteiger partial charge in [-0.25, -0.2) is 8.42 Å². The number of sulfonamides is 1. The molecule has 2 unspecified atom stereocenters. The summed E-state index contributed by atoms with van der Waals surface area (Å²) in [7, 11) is -3.22. The van der Waals surface area contributed by atoms with Crippen molar-refractivity contribution >= 4 is 10.0 Å². The average molecular weight is 247 g/mol. The fraction of sp³-hybridized carbons (Fsp3) is 1.00. The van der Waals surface area contributed by atoms with Gasteiger partial charge in [0.15, 0.2) is 0 Å². The Morgan fingerprint density at radius 1 is 1.12 bits per heavy atom. The van der Waals surface area contributed by atoms with Crippen molar-refractivity contribution < 1.29 is 13.5 Å². The van der Waals surface area contributed by atoms with Crippen molar-refractivity contribution in [2.75, 3.05) is 18.9 Å². The quantitative estimate of drug-likeness (QED) is 0.808. The van der Waals surface area contributed by atoms with Gasteiger partial charge in [-0.2, -0.15) is 4.31 Å². The Labute approximate surface area is 97.7 Å². The Bertz CT molecular complexity index is 326. The molecule has 5 heteroatoms. The summed E-state index contributed by atoms with van der Waals surface area (Å²) in [6.45, 7) is 0.389. The van der Waals surface area contributed by atoms with Crippen LogP contribution in [0.4, 0.5) is 0 Å². The fourth-order valence-electron chi connectivity index (χ4n) is 3.16. The van der Waals surface area contributed by atoms with Gasteiger partial charge in [0.05, 0.1) is 12.4 Å². The molecule has 1 heterocycles. The van der Waals surface area contributed by atoms with Gasteiger partial charge >= 0.3 is 0 Å². The first kappa shape index (κ1) is 12.3. The van der Waals surface area contributed by atoms with Gasteiger partial charge in [0.2, 0.25) is 10.0 Å². The normalized spacial score (nSPS) is 32.3. The second-order valence-corrected chi connectivity index (χ2v) is 6.95. The maximum atomic E-state index is 12.0. The van der Waals surface area contributed by atoms with Crippen LogP contribution in [0.2, 0.25) is 0 Å². The van der Waals surface area contributed by atoms with E-state index >= 15 is 0 Å². The van der Waals surface area contributed by atoms with Crippen LogP contribution >= 0.6 is 0 Å². The molecular weight excluding hydrogens is 226 g/mol. The second kappa shape index (κ2) is 5.02. The number of nitrogens with zero attached hydrogens (tertiary/aromatic N) is 1. The summed E-state index contributed by atoms with van der Waals surface area (Å²) in [5.74, 6) is 0.451. The minimum Gasteiger partial charge on any atom is -0.395 e. The molecule has 1 aliphatic heterocycles. The van der Waals surface area contributed by atoms with Crippen molar-refractivity contribution in [1.82, 2.24) is 4.31 Å². The summed E-state index contributed by atoms with van der Waals surface area (Å²) < 4.78 is 25.7. The molecule has 94 valence electrons. The van der Waals surface area contributed by atoms with Gasteiger partial charge in [0.1, 0.15) is 0 Å². The third kappa shape index (κ3) is 2.41. The average Bonchev–Trinajstić information content (AvgIpc) is 2.28. The molecule has 0 aromatic heterocycles. The van der Waals surface area contributed by atoms with E-state index < -0.39 is 10.0 Å². The molecule has 4 nitrogen and oxygen atoms in total. The Balaban J connectivity index is 2.13. The molecule has 2 atom stereocenters. The van der Waals surface area contributed by atoms with Crippen LogP contribution in [0.15, 0.2) is 0 Å². The van der Waals surface area contributed by atoms with Crippen LogP contribution in [0, 0.1) is 5.92 Å². The monoisotopic (exact) mass is 247 g/mol. The highest BCUT2D eigenvalue weighted by Crippen LogP contribution is 2.36. The maximum Gasteiger partial charge on any atom is 0.216 e. The maximum absolute atomic E-state index is 12.0. The van der Waals surface area contributed by atoms with E-state index in [9.17, 15) is 8.42 Å². The molecular formula is C11H21NO3S. The summed E-state index contributed by atoms with van der Waals surface area (Å²) >= 11 is 0. The predicted molar refractivity (Wildman–Crippen MR) is 62.6 cm³/mol. The summed E-state index contributed by atoms with van der Waals surface area (Å²) in [6.07, 6.45) is 6.73. The van der Waals surface area contributed by atoms with E-state index in [4.69, 9.17) is 5.11 Å². The zero-order valence-corrected chi connectivity index (χ0v) is 10.5. The van der Waals surface area contributed by atoms with Gasteiger partial charge in [-0.3, -0.25) is 0 Å². The van der Waals surface area contributed by atoms with E-state index in [-0.39, 0.29) is 18.4 Å². The van der Waals surface area contributed by atoms with E-state index in [1.54, 1.807) is 4.31 Å². The van der Waals surface area contributed by atoms with Crippen molar-refractivity contribution in [3.05, 3.63) is 0 Å². The molecule has 2 aliphatic rings. The molecule has 0 aromatic carbocycles. The number of fused-ring (bicyclic) bond motifs is 1. The SMILES string of the molecule is O=S(=O)(CCO)N1CCCC2CCCCC21. The van der Waals surface area contributed by atoms with E-state index in [1.165, 1.54) is 19.3 Å². The largest absolute Gasteiger partial charge is 0.395 e. The first-order valence-electron chi connectivity index (χ1n) is 6.25. The Morgan fingerprint density at radius 3 is 2.56 bits per heavy atom. The van der Waals surface area contributed by atoms with Crippen LogP contribution in [0.25, 0.3) is 0 Å². The van der Waals surface area contributed by atoms with Crippen LogP contribution < -0.4 is 0 Å². The van der Waals surface area contributed by atoms with Crippen molar-refractivity contribution in [2.45, 2.75) is 44.6 Å². The van der Waals surface area contributed by atoms with E-state index in [1.807, 2.05) is 0 Å². The predicted octanol–water partition coefficient (Wildman–Crippen LogP) is 0.963. The third-order valence-electron chi connectivity index (χ3n) is 3.90. The number of hydrogen-bond acceptors (Lipinski definition) is 3. The molecule has 1 saturated carbocycles. The standard InChI is InChI=1S/C11H21NO3S/c13-8-9-16(14,15)12-7-3-5-10-4-1-2-6-11(10)12/h10-11,13H,1-9H2. The second-order valence-electron chi connectivity index (χ2n) is 4.90. The van der Waals surface area contributed by atoms with Crippen molar-refractivity contribution in [3.8, 4) is 0 Å². The fourth-order valence-corrected chi connectivity index (χ4v) is 4.72. The molecule has 1 saturated heterocycles. The number of rotatable bonds is 3. The number of aliphatic hydroxyl groups excluding tert-OH is 1. The molecule has 16 heavy (non-hydrogen) atoms. The van der Waals surface area contributed by atoms with Gasteiger partial charge in [-0.05, 0) is 31.6 Å². The topological polar surface area (TPSA) is 57.6 Å². The minimum atomic E-state index is -3.22. The number of piperidine rings is 1. The van der Waals surface area contributed by atoms with Gasteiger partial charge in [-0.15, -0.1) is 0 Å². The van der Waals surface area contributed by atoms with Crippen LogP contribution in [0.1, 0.15) is 38.5 Å². The van der Waals surface area contributed by atoms with Gasteiger partial charge in [0, 0.05) is 12.6 Å². The lowest BCUT2D eigenvalue weighted by Gasteiger charge is -2.43. The van der Waals surface area contributed by atoms with Crippen LogP contribution in [0.3, 0.4) is 0 Å². The lowest BCUT2D eigenvalue weighted by molar-refractivity contribution is 0.128. The smallest absolute Gasteiger partial charge is 0.216 e. The third-order valence-corrected chi connectivity index (χ3v) is 5.77. The summed E-state index contributed by atoms with van der Waals surface area (Å²) in [5.41, 5.74) is 0. The van der Waals surface area contributed by atoms with Crippen LogP contribution in [-0.2, 0) is 10.0 Å². The van der Waals surface area contributed by atoms with Crippen molar-refractivity contribution in [3.63, 3.8) is 0 Å². The molecule has 1 aliphatic carbocycles. The molecule has 0 aromatic rings.